The van der Waals surface area contributed by atoms with Gasteiger partial charge in [-0.3, -0.25) is 4.79 Å². The summed E-state index contributed by atoms with van der Waals surface area (Å²) in [5.74, 6) is 1.33. The van der Waals surface area contributed by atoms with Gasteiger partial charge in [0.25, 0.3) is 5.91 Å². The van der Waals surface area contributed by atoms with Gasteiger partial charge in [0, 0.05) is 19.2 Å². The average molecular weight is 220 g/mol. The number of hydrogen-bond donors (Lipinski definition) is 1. The molecule has 0 fully saturated rings. The number of nitrogens with zero attached hydrogens (tertiary/aromatic N) is 1. The quantitative estimate of drug-likeness (QED) is 0.466. The fourth-order valence-corrected chi connectivity index (χ4v) is 1.20. The SMILES string of the molecule is C#CCCCCNC(=O)c1cccnc1F. The lowest BCUT2D eigenvalue weighted by Crippen LogP contribution is -2.25. The Balaban J connectivity index is 2.36. The molecule has 1 rings (SSSR count). The maximum absolute atomic E-state index is 13.1. The largest absolute Gasteiger partial charge is 0.352 e. The molecule has 0 radical (unpaired) electrons. The summed E-state index contributed by atoms with van der Waals surface area (Å²) in [4.78, 5) is 14.9. The molecule has 0 bridgehead atoms. The molecule has 16 heavy (non-hydrogen) atoms. The fourth-order valence-electron chi connectivity index (χ4n) is 1.20. The Kier molecular flexibility index (Phi) is 5.00. The summed E-state index contributed by atoms with van der Waals surface area (Å²) in [6.45, 7) is 0.495. The van der Waals surface area contributed by atoms with Crippen molar-refractivity contribution in [2.24, 2.45) is 0 Å². The molecule has 1 N–H and O–H groups in total. The monoisotopic (exact) mass is 220 g/mol. The van der Waals surface area contributed by atoms with Crippen molar-refractivity contribution < 1.29 is 9.18 Å². The Morgan fingerprint density at radius 1 is 1.56 bits per heavy atom. The van der Waals surface area contributed by atoms with Crippen molar-refractivity contribution >= 4 is 5.91 Å². The third kappa shape index (κ3) is 3.70. The van der Waals surface area contributed by atoms with Gasteiger partial charge in [0.2, 0.25) is 5.95 Å². The lowest BCUT2D eigenvalue weighted by atomic mass is 10.2. The van der Waals surface area contributed by atoms with Gasteiger partial charge < -0.3 is 5.32 Å². The van der Waals surface area contributed by atoms with E-state index in [4.69, 9.17) is 6.42 Å². The van der Waals surface area contributed by atoms with Crippen LogP contribution < -0.4 is 5.32 Å². The Hall–Kier alpha value is -1.89. The number of unbranched alkanes of at least 4 members (excludes halogenated alkanes) is 2. The van der Waals surface area contributed by atoms with Gasteiger partial charge in [-0.05, 0) is 25.0 Å². The molecule has 1 amide bonds. The zero-order chi connectivity index (χ0) is 11.8. The van der Waals surface area contributed by atoms with Crippen LogP contribution in [0.15, 0.2) is 18.3 Å². The number of rotatable bonds is 5. The van der Waals surface area contributed by atoms with E-state index in [0.717, 1.165) is 12.8 Å². The Morgan fingerprint density at radius 2 is 2.38 bits per heavy atom. The predicted molar refractivity (Wildman–Crippen MR) is 59.2 cm³/mol. The van der Waals surface area contributed by atoms with E-state index < -0.39 is 11.9 Å². The minimum atomic E-state index is -0.747. The van der Waals surface area contributed by atoms with Crippen molar-refractivity contribution in [3.63, 3.8) is 0 Å². The zero-order valence-electron chi connectivity index (χ0n) is 8.87. The Bertz CT molecular complexity index is 398. The summed E-state index contributed by atoms with van der Waals surface area (Å²) in [6.07, 6.45) is 8.73. The third-order valence-electron chi connectivity index (χ3n) is 2.04. The number of carbonyl (C=O) groups is 1. The van der Waals surface area contributed by atoms with E-state index in [0.29, 0.717) is 13.0 Å². The number of carbonyl (C=O) groups excluding carboxylic acids is 1. The lowest BCUT2D eigenvalue weighted by Gasteiger charge is -2.04. The van der Waals surface area contributed by atoms with Crippen molar-refractivity contribution in [1.82, 2.24) is 10.3 Å². The molecule has 0 unspecified atom stereocenters. The first-order valence-corrected chi connectivity index (χ1v) is 5.08. The van der Waals surface area contributed by atoms with Crippen molar-refractivity contribution in [3.8, 4) is 12.3 Å². The maximum atomic E-state index is 13.1. The minimum Gasteiger partial charge on any atom is -0.352 e. The van der Waals surface area contributed by atoms with Crippen LogP contribution in [-0.2, 0) is 0 Å². The Morgan fingerprint density at radius 3 is 3.06 bits per heavy atom. The standard InChI is InChI=1S/C12H13FN2O/c1-2-3-4-5-8-15-12(16)10-7-6-9-14-11(10)13/h1,6-7,9H,3-5,8H2,(H,15,16). The molecule has 0 saturated heterocycles. The molecule has 0 saturated carbocycles. The highest BCUT2D eigenvalue weighted by Gasteiger charge is 2.10. The van der Waals surface area contributed by atoms with Crippen LogP contribution in [0.5, 0.6) is 0 Å². The summed E-state index contributed by atoms with van der Waals surface area (Å²) in [7, 11) is 0. The summed E-state index contributed by atoms with van der Waals surface area (Å²) in [5, 5.41) is 2.61. The maximum Gasteiger partial charge on any atom is 0.255 e. The summed E-state index contributed by atoms with van der Waals surface area (Å²) < 4.78 is 13.1. The zero-order valence-corrected chi connectivity index (χ0v) is 8.87. The number of amides is 1. The van der Waals surface area contributed by atoms with E-state index >= 15 is 0 Å². The highest BCUT2D eigenvalue weighted by Crippen LogP contribution is 2.02. The molecule has 1 aromatic heterocycles. The number of aromatic nitrogens is 1. The lowest BCUT2D eigenvalue weighted by molar-refractivity contribution is 0.0948. The second-order valence-electron chi connectivity index (χ2n) is 3.26. The highest BCUT2D eigenvalue weighted by molar-refractivity contribution is 5.94. The predicted octanol–water partition coefficient (Wildman–Crippen LogP) is 1.75. The van der Waals surface area contributed by atoms with Gasteiger partial charge in [0.15, 0.2) is 0 Å². The van der Waals surface area contributed by atoms with Crippen LogP contribution >= 0.6 is 0 Å². The molecule has 84 valence electrons. The van der Waals surface area contributed by atoms with Crippen molar-refractivity contribution in [2.75, 3.05) is 6.54 Å². The molecule has 0 spiro atoms. The molecule has 1 heterocycles. The van der Waals surface area contributed by atoms with Gasteiger partial charge in [-0.2, -0.15) is 4.39 Å². The van der Waals surface area contributed by atoms with Gasteiger partial charge in [-0.15, -0.1) is 12.3 Å². The van der Waals surface area contributed by atoms with Gasteiger partial charge in [-0.25, -0.2) is 4.98 Å². The first-order valence-electron chi connectivity index (χ1n) is 5.08. The van der Waals surface area contributed by atoms with Crippen LogP contribution in [0.3, 0.4) is 0 Å². The molecule has 4 heteroatoms. The van der Waals surface area contributed by atoms with Crippen LogP contribution in [0.2, 0.25) is 0 Å². The van der Waals surface area contributed by atoms with Crippen molar-refractivity contribution in [3.05, 3.63) is 29.8 Å². The smallest absolute Gasteiger partial charge is 0.255 e. The van der Waals surface area contributed by atoms with Crippen LogP contribution in [0, 0.1) is 18.3 Å². The molecule has 0 atom stereocenters. The van der Waals surface area contributed by atoms with Crippen LogP contribution in [0.25, 0.3) is 0 Å². The van der Waals surface area contributed by atoms with E-state index in [1.165, 1.54) is 18.3 Å². The number of hydrogen-bond acceptors (Lipinski definition) is 2. The van der Waals surface area contributed by atoms with Crippen molar-refractivity contribution in [2.45, 2.75) is 19.3 Å². The van der Waals surface area contributed by atoms with E-state index in [1.807, 2.05) is 0 Å². The third-order valence-corrected chi connectivity index (χ3v) is 2.04. The van der Waals surface area contributed by atoms with E-state index in [1.54, 1.807) is 0 Å². The summed E-state index contributed by atoms with van der Waals surface area (Å²) in [6, 6.07) is 2.93. The number of terminal acetylenes is 1. The molecule has 0 aliphatic rings. The minimum absolute atomic E-state index is 0.0283. The van der Waals surface area contributed by atoms with Gasteiger partial charge >= 0.3 is 0 Å². The molecule has 0 aromatic carbocycles. The molecular weight excluding hydrogens is 207 g/mol. The number of nitrogens with one attached hydrogen (secondary N) is 1. The Labute approximate surface area is 94.1 Å². The fraction of sp³-hybridized carbons (Fsp3) is 0.333. The topological polar surface area (TPSA) is 42.0 Å². The van der Waals surface area contributed by atoms with Gasteiger partial charge in [0.05, 0.1) is 5.56 Å². The average Bonchev–Trinajstić information content (AvgIpc) is 2.29. The molecule has 3 nitrogen and oxygen atoms in total. The second-order valence-corrected chi connectivity index (χ2v) is 3.26. The first kappa shape index (κ1) is 12.2. The van der Waals surface area contributed by atoms with Crippen LogP contribution in [-0.4, -0.2) is 17.4 Å². The van der Waals surface area contributed by atoms with Gasteiger partial charge in [0.1, 0.15) is 0 Å². The normalized spacial score (nSPS) is 9.50. The first-order chi connectivity index (χ1) is 7.75. The number of pyridine rings is 1. The van der Waals surface area contributed by atoms with Gasteiger partial charge in [-0.1, -0.05) is 0 Å². The second kappa shape index (κ2) is 6.57. The van der Waals surface area contributed by atoms with E-state index in [2.05, 4.69) is 16.2 Å². The molecule has 0 aliphatic heterocycles. The summed E-state index contributed by atoms with van der Waals surface area (Å²) >= 11 is 0. The van der Waals surface area contributed by atoms with Crippen LogP contribution in [0.4, 0.5) is 4.39 Å². The van der Waals surface area contributed by atoms with E-state index in [9.17, 15) is 9.18 Å². The van der Waals surface area contributed by atoms with Crippen molar-refractivity contribution in [1.29, 1.82) is 0 Å². The summed E-state index contributed by atoms with van der Waals surface area (Å²) in [5.41, 5.74) is -0.0283. The van der Waals surface area contributed by atoms with Crippen LogP contribution in [0.1, 0.15) is 29.6 Å². The molecule has 0 aliphatic carbocycles. The number of halogens is 1. The highest BCUT2D eigenvalue weighted by atomic mass is 19.1. The molecular formula is C12H13FN2O. The van der Waals surface area contributed by atoms with E-state index in [-0.39, 0.29) is 5.56 Å². The molecule has 1 aromatic rings.